The third-order valence-electron chi connectivity index (χ3n) is 5.11. The lowest BCUT2D eigenvalue weighted by Crippen LogP contribution is -2.40. The van der Waals surface area contributed by atoms with Gasteiger partial charge in [0.15, 0.2) is 0 Å². The van der Waals surface area contributed by atoms with Crippen LogP contribution >= 0.6 is 0 Å². The number of fused-ring (bicyclic) bond motifs is 1. The number of rotatable bonds is 6. The van der Waals surface area contributed by atoms with Gasteiger partial charge in [0.2, 0.25) is 0 Å². The number of hydrogen-bond acceptors (Lipinski definition) is 5. The molecule has 0 spiro atoms. The molecule has 0 saturated carbocycles. The number of nitrogens with zero attached hydrogens (tertiary/aromatic N) is 3. The maximum absolute atomic E-state index is 13.0. The monoisotopic (exact) mass is 379 g/mol. The number of aromatic nitrogens is 3. The van der Waals surface area contributed by atoms with Gasteiger partial charge in [-0.15, -0.1) is 0 Å². The van der Waals surface area contributed by atoms with E-state index in [-0.39, 0.29) is 11.9 Å². The molecule has 0 unspecified atom stereocenters. The Bertz CT molecular complexity index is 935. The molecule has 0 aliphatic carbocycles. The van der Waals surface area contributed by atoms with Crippen molar-refractivity contribution >= 4 is 16.8 Å². The molecule has 2 aromatic heterocycles. The van der Waals surface area contributed by atoms with Crippen molar-refractivity contribution in [1.29, 1.82) is 0 Å². The summed E-state index contributed by atoms with van der Waals surface area (Å²) in [7, 11) is 0. The molecular weight excluding hydrogens is 354 g/mol. The summed E-state index contributed by atoms with van der Waals surface area (Å²) in [6.07, 6.45) is 4.40. The Balaban J connectivity index is 1.51. The predicted octanol–water partition coefficient (Wildman–Crippen LogP) is 2.47. The van der Waals surface area contributed by atoms with Crippen LogP contribution in [0.25, 0.3) is 22.2 Å². The van der Waals surface area contributed by atoms with Gasteiger partial charge in [0.05, 0.1) is 36.2 Å². The highest BCUT2D eigenvalue weighted by atomic mass is 16.5. The van der Waals surface area contributed by atoms with Crippen LogP contribution in [0.15, 0.2) is 42.7 Å². The molecule has 1 saturated heterocycles. The molecule has 2 N–H and O–H groups in total. The zero-order valence-electron chi connectivity index (χ0n) is 16.0. The second-order valence-corrected chi connectivity index (χ2v) is 7.18. The van der Waals surface area contributed by atoms with E-state index < -0.39 is 0 Å². The molecule has 1 amide bonds. The van der Waals surface area contributed by atoms with E-state index in [0.717, 1.165) is 61.4 Å². The fourth-order valence-corrected chi connectivity index (χ4v) is 3.48. The summed E-state index contributed by atoms with van der Waals surface area (Å²) in [5, 5.41) is 10.8. The van der Waals surface area contributed by atoms with E-state index in [0.29, 0.717) is 5.56 Å². The van der Waals surface area contributed by atoms with Gasteiger partial charge in [0, 0.05) is 42.8 Å². The largest absolute Gasteiger partial charge is 0.379 e. The first-order valence-corrected chi connectivity index (χ1v) is 9.70. The molecule has 1 fully saturated rings. The minimum atomic E-state index is -0.0715. The zero-order chi connectivity index (χ0) is 19.3. The molecule has 3 aromatic rings. The maximum atomic E-state index is 13.0. The summed E-state index contributed by atoms with van der Waals surface area (Å²) in [4.78, 5) is 20.1. The molecule has 3 heterocycles. The van der Waals surface area contributed by atoms with Crippen LogP contribution in [-0.2, 0) is 4.74 Å². The molecule has 146 valence electrons. The molecule has 4 rings (SSSR count). The van der Waals surface area contributed by atoms with Crippen LogP contribution in [-0.4, -0.2) is 64.9 Å². The summed E-state index contributed by atoms with van der Waals surface area (Å²) in [6.45, 7) is 6.52. The van der Waals surface area contributed by atoms with E-state index in [1.165, 1.54) is 0 Å². The number of carbonyl (C=O) groups is 1. The van der Waals surface area contributed by atoms with Crippen LogP contribution in [0.1, 0.15) is 23.7 Å². The number of pyridine rings is 1. The van der Waals surface area contributed by atoms with Gasteiger partial charge in [-0.1, -0.05) is 18.2 Å². The number of nitrogens with one attached hydrogen (secondary N) is 2. The predicted molar refractivity (Wildman–Crippen MR) is 108 cm³/mol. The van der Waals surface area contributed by atoms with Crippen molar-refractivity contribution in [3.63, 3.8) is 0 Å². The first-order chi connectivity index (χ1) is 13.7. The number of carbonyl (C=O) groups excluding carboxylic acids is 1. The minimum absolute atomic E-state index is 0.0715. The van der Waals surface area contributed by atoms with E-state index in [1.54, 1.807) is 12.4 Å². The lowest BCUT2D eigenvalue weighted by molar-refractivity contribution is 0.0363. The minimum Gasteiger partial charge on any atom is -0.379 e. The Morgan fingerprint density at radius 2 is 2.14 bits per heavy atom. The topological polar surface area (TPSA) is 83.1 Å². The number of ether oxygens (including phenoxy) is 1. The molecule has 0 radical (unpaired) electrons. The van der Waals surface area contributed by atoms with E-state index in [9.17, 15) is 4.79 Å². The fourth-order valence-electron chi connectivity index (χ4n) is 3.48. The highest BCUT2D eigenvalue weighted by Gasteiger charge is 2.17. The normalized spacial score (nSPS) is 16.2. The van der Waals surface area contributed by atoms with Gasteiger partial charge in [0.25, 0.3) is 5.91 Å². The molecule has 1 atom stereocenters. The molecule has 1 aliphatic rings. The Morgan fingerprint density at radius 1 is 1.32 bits per heavy atom. The van der Waals surface area contributed by atoms with E-state index >= 15 is 0 Å². The number of para-hydroxylation sites is 1. The molecule has 7 nitrogen and oxygen atoms in total. The molecular formula is C21H25N5O2. The van der Waals surface area contributed by atoms with Crippen LogP contribution in [0.3, 0.4) is 0 Å². The Labute approximate surface area is 164 Å². The van der Waals surface area contributed by atoms with Gasteiger partial charge in [-0.3, -0.25) is 14.8 Å². The van der Waals surface area contributed by atoms with Crippen molar-refractivity contribution in [2.75, 3.05) is 32.8 Å². The summed E-state index contributed by atoms with van der Waals surface area (Å²) in [5.74, 6) is -0.0715. The maximum Gasteiger partial charge on any atom is 0.252 e. The van der Waals surface area contributed by atoms with Crippen LogP contribution in [0.4, 0.5) is 0 Å². The first-order valence-electron chi connectivity index (χ1n) is 9.70. The molecule has 0 bridgehead atoms. The lowest BCUT2D eigenvalue weighted by atomic mass is 10.0. The van der Waals surface area contributed by atoms with Gasteiger partial charge in [-0.2, -0.15) is 5.10 Å². The lowest BCUT2D eigenvalue weighted by Gasteiger charge is -2.27. The SMILES string of the molecule is C[C@H](CCN1CCOCC1)NC(=O)c1cc(-c2cn[nH]c2)nc2ccccc12. The third-order valence-corrected chi connectivity index (χ3v) is 5.11. The second-order valence-electron chi connectivity index (χ2n) is 7.18. The van der Waals surface area contributed by atoms with Gasteiger partial charge in [-0.25, -0.2) is 4.98 Å². The van der Waals surface area contributed by atoms with Gasteiger partial charge >= 0.3 is 0 Å². The Morgan fingerprint density at radius 3 is 2.93 bits per heavy atom. The third kappa shape index (κ3) is 4.21. The Kier molecular flexibility index (Phi) is 5.64. The fraction of sp³-hybridized carbons (Fsp3) is 0.381. The van der Waals surface area contributed by atoms with Crippen molar-refractivity contribution in [2.24, 2.45) is 0 Å². The van der Waals surface area contributed by atoms with Crippen LogP contribution in [0.5, 0.6) is 0 Å². The first kappa shape index (κ1) is 18.6. The number of H-pyrrole nitrogens is 1. The van der Waals surface area contributed by atoms with Crippen LogP contribution in [0.2, 0.25) is 0 Å². The van der Waals surface area contributed by atoms with Crippen molar-refractivity contribution in [2.45, 2.75) is 19.4 Å². The average Bonchev–Trinajstić information content (AvgIpc) is 3.27. The van der Waals surface area contributed by atoms with Crippen molar-refractivity contribution in [3.05, 3.63) is 48.3 Å². The van der Waals surface area contributed by atoms with Crippen molar-refractivity contribution < 1.29 is 9.53 Å². The number of aromatic amines is 1. The second kappa shape index (κ2) is 8.50. The molecule has 1 aliphatic heterocycles. The van der Waals surface area contributed by atoms with Gasteiger partial charge in [-0.05, 0) is 25.5 Å². The number of amides is 1. The standard InChI is InChI=1S/C21H25N5O2/c1-15(6-7-26-8-10-28-11-9-26)24-21(27)18-12-20(16-13-22-23-14-16)25-19-5-3-2-4-17(18)19/h2-5,12-15H,6-11H2,1H3,(H,22,23)(H,24,27)/t15-/m1/s1. The quantitative estimate of drug-likeness (QED) is 0.687. The summed E-state index contributed by atoms with van der Waals surface area (Å²) >= 11 is 0. The number of morpholine rings is 1. The van der Waals surface area contributed by atoms with Gasteiger partial charge in [0.1, 0.15) is 0 Å². The molecule has 7 heteroatoms. The molecule has 1 aromatic carbocycles. The summed E-state index contributed by atoms with van der Waals surface area (Å²) < 4.78 is 5.39. The van der Waals surface area contributed by atoms with E-state index in [2.05, 4.69) is 32.3 Å². The summed E-state index contributed by atoms with van der Waals surface area (Å²) in [6, 6.07) is 9.66. The average molecular weight is 379 g/mol. The van der Waals surface area contributed by atoms with E-state index in [1.807, 2.05) is 30.3 Å². The van der Waals surface area contributed by atoms with Crippen LogP contribution in [0, 0.1) is 0 Å². The highest BCUT2D eigenvalue weighted by molar-refractivity contribution is 6.07. The van der Waals surface area contributed by atoms with E-state index in [4.69, 9.17) is 4.74 Å². The number of hydrogen-bond donors (Lipinski definition) is 2. The summed E-state index contributed by atoms with van der Waals surface area (Å²) in [5.41, 5.74) is 3.03. The van der Waals surface area contributed by atoms with Crippen molar-refractivity contribution in [1.82, 2.24) is 25.4 Å². The van der Waals surface area contributed by atoms with Crippen molar-refractivity contribution in [3.8, 4) is 11.3 Å². The van der Waals surface area contributed by atoms with Gasteiger partial charge < -0.3 is 10.1 Å². The zero-order valence-corrected chi connectivity index (χ0v) is 16.0. The molecule has 28 heavy (non-hydrogen) atoms. The highest BCUT2D eigenvalue weighted by Crippen LogP contribution is 2.24. The Hall–Kier alpha value is -2.77. The smallest absolute Gasteiger partial charge is 0.252 e. The number of benzene rings is 1. The van der Waals surface area contributed by atoms with Crippen LogP contribution < -0.4 is 5.32 Å².